The van der Waals surface area contributed by atoms with Gasteiger partial charge in [-0.2, -0.15) is 4.31 Å². The molecule has 0 aliphatic carbocycles. The molecule has 35 heavy (non-hydrogen) atoms. The van der Waals surface area contributed by atoms with Crippen LogP contribution in [0.15, 0.2) is 102 Å². The Labute approximate surface area is 207 Å². The van der Waals surface area contributed by atoms with Crippen LogP contribution >= 0.6 is 0 Å². The smallest absolute Gasteiger partial charge is 0.321 e. The molecule has 0 bridgehead atoms. The molecule has 0 aliphatic rings. The fourth-order valence-corrected chi connectivity index (χ4v) is 5.69. The minimum Gasteiger partial charge on any atom is -0.468 e. The summed E-state index contributed by atoms with van der Waals surface area (Å²) >= 11 is 0. The van der Waals surface area contributed by atoms with Gasteiger partial charge in [0.1, 0.15) is 5.41 Å². The van der Waals surface area contributed by atoms with Crippen molar-refractivity contribution in [3.8, 4) is 0 Å². The van der Waals surface area contributed by atoms with E-state index < -0.39 is 21.4 Å². The molecule has 0 saturated carbocycles. The quantitative estimate of drug-likeness (QED) is 0.321. The number of rotatable bonds is 11. The van der Waals surface area contributed by atoms with Crippen molar-refractivity contribution < 1.29 is 23.1 Å². The van der Waals surface area contributed by atoms with Gasteiger partial charge in [0.2, 0.25) is 10.0 Å². The van der Waals surface area contributed by atoms with Crippen LogP contribution in [-0.4, -0.2) is 50.6 Å². The molecule has 0 heterocycles. The summed E-state index contributed by atoms with van der Waals surface area (Å²) < 4.78 is 33.2. The van der Waals surface area contributed by atoms with E-state index in [1.54, 1.807) is 24.3 Å². The van der Waals surface area contributed by atoms with E-state index in [0.717, 1.165) is 5.56 Å². The fraction of sp³-hybridized carbons (Fsp3) is 0.250. The van der Waals surface area contributed by atoms with E-state index in [4.69, 9.17) is 4.74 Å². The predicted octanol–water partition coefficient (Wildman–Crippen LogP) is 4.08. The van der Waals surface area contributed by atoms with Gasteiger partial charge >= 0.3 is 5.97 Å². The van der Waals surface area contributed by atoms with Gasteiger partial charge in [0.25, 0.3) is 0 Å². The van der Waals surface area contributed by atoms with Gasteiger partial charge in [-0.25, -0.2) is 8.42 Å². The Kier molecular flexibility index (Phi) is 8.62. The van der Waals surface area contributed by atoms with Crippen molar-refractivity contribution in [2.24, 2.45) is 0 Å². The molecule has 3 rings (SSSR count). The lowest BCUT2D eigenvalue weighted by atomic mass is 9.70. The number of hydrogen-bond donors (Lipinski definition) is 1. The zero-order valence-corrected chi connectivity index (χ0v) is 20.9. The van der Waals surface area contributed by atoms with E-state index in [1.807, 2.05) is 67.6 Å². The molecule has 6 nitrogen and oxygen atoms in total. The third kappa shape index (κ3) is 5.70. The average Bonchev–Trinajstić information content (AvgIpc) is 2.88. The van der Waals surface area contributed by atoms with Crippen molar-refractivity contribution in [2.75, 3.05) is 26.8 Å². The van der Waals surface area contributed by atoms with Crippen molar-refractivity contribution in [3.63, 3.8) is 0 Å². The highest BCUT2D eigenvalue weighted by Crippen LogP contribution is 2.39. The van der Waals surface area contributed by atoms with Crippen LogP contribution in [0.1, 0.15) is 23.1 Å². The number of ether oxygens (including phenoxy) is 1. The normalized spacial score (nSPS) is 11.9. The highest BCUT2D eigenvalue weighted by molar-refractivity contribution is 7.89. The fourth-order valence-electron chi connectivity index (χ4n) is 4.23. The summed E-state index contributed by atoms with van der Waals surface area (Å²) in [6.45, 7) is 5.52. The van der Waals surface area contributed by atoms with Gasteiger partial charge in [0, 0.05) is 13.1 Å². The maximum absolute atomic E-state index is 13.4. The van der Waals surface area contributed by atoms with E-state index in [1.165, 1.54) is 11.4 Å². The summed E-state index contributed by atoms with van der Waals surface area (Å²) in [6.07, 6.45) is 0.124. The molecule has 7 heteroatoms. The number of hydrogen-bond acceptors (Lipinski definition) is 5. The molecule has 1 N–H and O–H groups in total. The lowest BCUT2D eigenvalue weighted by Crippen LogP contribution is -2.41. The highest BCUT2D eigenvalue weighted by Gasteiger charge is 2.44. The number of benzene rings is 3. The summed E-state index contributed by atoms with van der Waals surface area (Å²) in [5.41, 5.74) is 1.67. The zero-order chi connectivity index (χ0) is 25.5. The van der Waals surface area contributed by atoms with Gasteiger partial charge in [0.05, 0.1) is 18.6 Å². The molecule has 0 saturated heterocycles. The van der Waals surface area contributed by atoms with Crippen LogP contribution in [0.2, 0.25) is 0 Å². The van der Waals surface area contributed by atoms with Crippen molar-refractivity contribution in [1.29, 1.82) is 0 Å². The summed E-state index contributed by atoms with van der Waals surface area (Å²) in [5, 5.41) is 9.61. The lowest BCUT2D eigenvalue weighted by Gasteiger charge is -2.34. The topological polar surface area (TPSA) is 83.9 Å². The number of carbonyl (C=O) groups is 1. The van der Waals surface area contributed by atoms with Crippen LogP contribution in [0.3, 0.4) is 0 Å². The summed E-state index contributed by atoms with van der Waals surface area (Å²) in [7, 11) is -2.55. The molecular formula is C28H31NO5S. The summed E-state index contributed by atoms with van der Waals surface area (Å²) in [6, 6.07) is 25.1. The summed E-state index contributed by atoms with van der Waals surface area (Å²) in [5.74, 6) is -0.467. The van der Waals surface area contributed by atoms with E-state index in [9.17, 15) is 18.3 Å². The Bertz CT molecular complexity index is 1200. The first-order valence-electron chi connectivity index (χ1n) is 11.3. The molecule has 0 amide bonds. The maximum atomic E-state index is 13.4. The van der Waals surface area contributed by atoms with Crippen LogP contribution in [0.25, 0.3) is 0 Å². The van der Waals surface area contributed by atoms with Crippen LogP contribution in [0, 0.1) is 6.92 Å². The molecule has 0 aliphatic heterocycles. The van der Waals surface area contributed by atoms with Crippen LogP contribution in [0.5, 0.6) is 0 Å². The number of esters is 1. The molecule has 0 unspecified atom stereocenters. The predicted molar refractivity (Wildman–Crippen MR) is 136 cm³/mol. The second kappa shape index (κ2) is 11.4. The first kappa shape index (κ1) is 26.3. The number of nitrogens with zero attached hydrogens (tertiary/aromatic N) is 1. The Morgan fingerprint density at radius 2 is 1.46 bits per heavy atom. The monoisotopic (exact) mass is 493 g/mol. The van der Waals surface area contributed by atoms with Crippen LogP contribution in [-0.2, 0) is 25.0 Å². The molecule has 0 fully saturated rings. The van der Waals surface area contributed by atoms with Gasteiger partial charge in [-0.15, -0.1) is 0 Å². The largest absolute Gasteiger partial charge is 0.468 e. The Morgan fingerprint density at radius 1 is 0.943 bits per heavy atom. The number of aliphatic hydroxyl groups excluding tert-OH is 1. The highest BCUT2D eigenvalue weighted by atomic mass is 32.2. The summed E-state index contributed by atoms with van der Waals surface area (Å²) in [4.78, 5) is 13.5. The van der Waals surface area contributed by atoms with Crippen LogP contribution < -0.4 is 0 Å². The first-order valence-corrected chi connectivity index (χ1v) is 12.7. The number of aryl methyl sites for hydroxylation is 1. The van der Waals surface area contributed by atoms with Crippen molar-refractivity contribution in [2.45, 2.75) is 23.7 Å². The Morgan fingerprint density at radius 3 is 1.91 bits per heavy atom. The molecule has 0 atom stereocenters. The molecule has 0 aromatic heterocycles. The molecule has 3 aromatic carbocycles. The zero-order valence-electron chi connectivity index (χ0n) is 20.1. The number of sulfonamides is 1. The SMILES string of the molecule is C=C(CN(CCO)S(=O)(=O)c1ccc(C)cc1)CC(C(=O)OC)(c1ccccc1)c1ccccc1. The van der Waals surface area contributed by atoms with E-state index in [0.29, 0.717) is 16.7 Å². The number of methoxy groups -OCH3 is 1. The third-order valence-corrected chi connectivity index (χ3v) is 7.85. The minimum atomic E-state index is -3.89. The van der Waals surface area contributed by atoms with Crippen molar-refractivity contribution in [3.05, 3.63) is 114 Å². The standard InChI is InChI=1S/C28H31NO5S/c1-22-14-16-26(17-15-22)35(32,33)29(18-19-30)21-23(2)20-28(27(31)34-3,24-10-6-4-7-11-24)25-12-8-5-9-13-25/h4-17,30H,2,18-21H2,1,3H3. The molecule has 3 aromatic rings. The van der Waals surface area contributed by atoms with Crippen molar-refractivity contribution in [1.82, 2.24) is 4.31 Å². The van der Waals surface area contributed by atoms with Crippen molar-refractivity contribution >= 4 is 16.0 Å². The maximum Gasteiger partial charge on any atom is 0.321 e. The third-order valence-electron chi connectivity index (χ3n) is 5.99. The number of aliphatic hydroxyl groups is 1. The van der Waals surface area contributed by atoms with E-state index >= 15 is 0 Å². The van der Waals surface area contributed by atoms with Gasteiger partial charge in [0.15, 0.2) is 0 Å². The second-order valence-electron chi connectivity index (χ2n) is 8.43. The lowest BCUT2D eigenvalue weighted by molar-refractivity contribution is -0.145. The first-order chi connectivity index (χ1) is 16.8. The van der Waals surface area contributed by atoms with Crippen LogP contribution in [0.4, 0.5) is 0 Å². The number of carbonyl (C=O) groups excluding carboxylic acids is 1. The Balaban J connectivity index is 2.02. The Hall–Kier alpha value is -3.26. The van der Waals surface area contributed by atoms with Gasteiger partial charge in [-0.3, -0.25) is 4.79 Å². The minimum absolute atomic E-state index is 0.0603. The van der Waals surface area contributed by atoms with Gasteiger partial charge < -0.3 is 9.84 Å². The van der Waals surface area contributed by atoms with Gasteiger partial charge in [-0.1, -0.05) is 90.5 Å². The molecule has 184 valence electrons. The average molecular weight is 494 g/mol. The molecular weight excluding hydrogens is 462 g/mol. The molecule has 0 spiro atoms. The second-order valence-corrected chi connectivity index (χ2v) is 10.4. The van der Waals surface area contributed by atoms with E-state index in [-0.39, 0.29) is 31.0 Å². The van der Waals surface area contributed by atoms with Gasteiger partial charge in [-0.05, 0) is 36.6 Å². The molecule has 0 radical (unpaired) electrons. The van der Waals surface area contributed by atoms with E-state index in [2.05, 4.69) is 6.58 Å².